The summed E-state index contributed by atoms with van der Waals surface area (Å²) >= 11 is 0. The van der Waals surface area contributed by atoms with Gasteiger partial charge in [-0.2, -0.15) is 0 Å². The Labute approximate surface area is 424 Å². The zero-order valence-electron chi connectivity index (χ0n) is 44.0. The Morgan fingerprint density at radius 2 is 1.03 bits per heavy atom. The van der Waals surface area contributed by atoms with Gasteiger partial charge in [-0.3, -0.25) is 4.57 Å². The van der Waals surface area contributed by atoms with E-state index in [-0.39, 0.29) is 10.8 Å². The van der Waals surface area contributed by atoms with Gasteiger partial charge < -0.3 is 9.80 Å². The smallest absolute Gasteiger partial charge is 0.179 e. The normalized spacial score (nSPS) is 13.7. The number of allylic oxidation sites excluding steroid dienone is 2. The van der Waals surface area contributed by atoms with Crippen molar-refractivity contribution in [3.05, 3.63) is 216 Å². The first-order valence-electron chi connectivity index (χ1n) is 25.7. The van der Waals surface area contributed by atoms with Crippen molar-refractivity contribution in [2.24, 2.45) is 0 Å². The molecule has 0 unspecified atom stereocenters. The van der Waals surface area contributed by atoms with E-state index in [1.807, 2.05) is 6.20 Å². The Morgan fingerprint density at radius 3 is 1.62 bits per heavy atom. The first-order valence-corrected chi connectivity index (χ1v) is 27.7. The minimum absolute atomic E-state index is 0.0268. The van der Waals surface area contributed by atoms with Gasteiger partial charge in [0.05, 0.1) is 17.7 Å². The Bertz CT molecular complexity index is 3370. The van der Waals surface area contributed by atoms with Gasteiger partial charge in [0, 0.05) is 39.7 Å². The van der Waals surface area contributed by atoms with Crippen molar-refractivity contribution in [1.82, 2.24) is 9.55 Å². The lowest BCUT2D eigenvalue weighted by molar-refractivity contribution is 0.588. The van der Waals surface area contributed by atoms with Crippen LogP contribution in [0.25, 0.3) is 38.8 Å². The molecule has 0 fully saturated rings. The number of para-hydroxylation sites is 1. The highest BCUT2D eigenvalue weighted by molar-refractivity contribution is 7.20. The molecule has 0 saturated heterocycles. The van der Waals surface area contributed by atoms with E-state index in [2.05, 4.69) is 273 Å². The maximum absolute atomic E-state index is 5.10. The molecule has 0 aliphatic carbocycles. The van der Waals surface area contributed by atoms with Gasteiger partial charge in [0.15, 0.2) is 8.07 Å². The summed E-state index contributed by atoms with van der Waals surface area (Å²) in [6.07, 6.45) is 1.98. The molecule has 7 aromatic carbocycles. The van der Waals surface area contributed by atoms with Crippen LogP contribution in [-0.2, 0) is 10.8 Å². The van der Waals surface area contributed by atoms with Crippen molar-refractivity contribution < 1.29 is 0 Å². The van der Waals surface area contributed by atoms with Crippen LogP contribution < -0.4 is 30.5 Å². The third-order valence-corrected chi connectivity index (χ3v) is 20.1. The molecule has 0 saturated carbocycles. The standard InChI is InChI=1S/C66H70N4Si/c1-44(2)57-27-21-28-58(45(3)4)64(57)48-30-32-51(33-31-48)68-43-69(47(6)46(68)5)52-38-50(66(10,11)12)39-56(41-52)71(53-22-15-13-16-23-53,54-24-17-14-18-25-54)55-34-35-60-59-26-19-20-29-61(59)70(62(60)42-55)63-40-49(36-37-67-63)65(7,8)9/h13-42,44-45H,43H2,1-12H3. The molecule has 0 spiro atoms. The second-order valence-corrected chi connectivity index (χ2v) is 26.4. The minimum atomic E-state index is -3.10. The number of pyridine rings is 1. The van der Waals surface area contributed by atoms with E-state index in [9.17, 15) is 0 Å². The number of benzene rings is 7. The molecule has 71 heavy (non-hydrogen) atoms. The molecule has 0 bridgehead atoms. The van der Waals surface area contributed by atoms with Gasteiger partial charge in [0.25, 0.3) is 0 Å². The molecule has 1 aliphatic heterocycles. The number of fused-ring (bicyclic) bond motifs is 3. The van der Waals surface area contributed by atoms with E-state index in [1.54, 1.807) is 0 Å². The Kier molecular flexibility index (Phi) is 12.3. The van der Waals surface area contributed by atoms with Crippen molar-refractivity contribution in [2.75, 3.05) is 16.5 Å². The molecule has 358 valence electrons. The number of aromatic nitrogens is 2. The van der Waals surface area contributed by atoms with Gasteiger partial charge in [-0.05, 0) is 139 Å². The number of hydrogen-bond acceptors (Lipinski definition) is 3. The predicted octanol–water partition coefficient (Wildman–Crippen LogP) is 14.6. The van der Waals surface area contributed by atoms with Crippen molar-refractivity contribution in [3.63, 3.8) is 0 Å². The Balaban J connectivity index is 1.17. The molecule has 5 heteroatoms. The molecule has 1 aliphatic rings. The van der Waals surface area contributed by atoms with E-state index in [0.29, 0.717) is 11.8 Å². The van der Waals surface area contributed by atoms with Gasteiger partial charge in [-0.1, -0.05) is 197 Å². The molecular formula is C66H70N4Si. The average Bonchev–Trinajstić information content (AvgIpc) is 3.86. The van der Waals surface area contributed by atoms with Crippen LogP contribution in [0.5, 0.6) is 0 Å². The van der Waals surface area contributed by atoms with Crippen LogP contribution in [0.15, 0.2) is 194 Å². The van der Waals surface area contributed by atoms with Gasteiger partial charge in [0.2, 0.25) is 0 Å². The molecule has 0 amide bonds. The van der Waals surface area contributed by atoms with Crippen LogP contribution in [0, 0.1) is 0 Å². The fourth-order valence-corrected chi connectivity index (χ4v) is 16.0. The molecule has 0 atom stereocenters. The number of anilines is 2. The number of rotatable bonds is 10. The number of hydrogen-bond donors (Lipinski definition) is 0. The monoisotopic (exact) mass is 947 g/mol. The van der Waals surface area contributed by atoms with Crippen LogP contribution in [0.3, 0.4) is 0 Å². The summed E-state index contributed by atoms with van der Waals surface area (Å²) in [4.78, 5) is 10.1. The lowest BCUT2D eigenvalue weighted by Gasteiger charge is -2.37. The van der Waals surface area contributed by atoms with E-state index in [0.717, 1.165) is 18.0 Å². The van der Waals surface area contributed by atoms with Crippen LogP contribution in [-0.4, -0.2) is 24.3 Å². The summed E-state index contributed by atoms with van der Waals surface area (Å²) in [5.41, 5.74) is 15.2. The highest BCUT2D eigenvalue weighted by Gasteiger charge is 2.43. The molecule has 4 nitrogen and oxygen atoms in total. The molecule has 2 aromatic heterocycles. The van der Waals surface area contributed by atoms with Crippen LogP contribution in [0.2, 0.25) is 0 Å². The van der Waals surface area contributed by atoms with Crippen molar-refractivity contribution in [3.8, 4) is 16.9 Å². The highest BCUT2D eigenvalue weighted by atomic mass is 28.3. The fraction of sp³-hybridized carbons (Fsp3) is 0.258. The maximum atomic E-state index is 5.10. The van der Waals surface area contributed by atoms with Crippen LogP contribution in [0.1, 0.15) is 117 Å². The Hall–Kier alpha value is -6.95. The molecule has 3 heterocycles. The second-order valence-electron chi connectivity index (χ2n) is 22.6. The maximum Gasteiger partial charge on any atom is 0.179 e. The second kappa shape index (κ2) is 18.3. The Morgan fingerprint density at radius 1 is 0.465 bits per heavy atom. The average molecular weight is 947 g/mol. The van der Waals surface area contributed by atoms with E-state index < -0.39 is 8.07 Å². The first-order chi connectivity index (χ1) is 34.0. The predicted molar refractivity (Wildman–Crippen MR) is 308 cm³/mol. The molecule has 0 N–H and O–H groups in total. The fourth-order valence-electron chi connectivity index (χ4n) is 11.2. The summed E-state index contributed by atoms with van der Waals surface area (Å²) < 4.78 is 2.41. The third-order valence-electron chi connectivity index (χ3n) is 15.3. The lowest BCUT2D eigenvalue weighted by Crippen LogP contribution is -2.74. The lowest BCUT2D eigenvalue weighted by atomic mass is 9.85. The summed E-state index contributed by atoms with van der Waals surface area (Å²) in [7, 11) is -3.10. The summed E-state index contributed by atoms with van der Waals surface area (Å²) in [5.74, 6) is 1.81. The zero-order valence-corrected chi connectivity index (χ0v) is 45.0. The van der Waals surface area contributed by atoms with E-state index >= 15 is 0 Å². The largest absolute Gasteiger partial charge is 0.325 e. The highest BCUT2D eigenvalue weighted by Crippen LogP contribution is 2.40. The topological polar surface area (TPSA) is 24.3 Å². The zero-order chi connectivity index (χ0) is 50.0. The van der Waals surface area contributed by atoms with Gasteiger partial charge >= 0.3 is 0 Å². The van der Waals surface area contributed by atoms with E-state index in [1.165, 1.54) is 93.2 Å². The molecule has 0 radical (unpaired) electrons. The molecule has 10 rings (SSSR count). The third kappa shape index (κ3) is 8.42. The van der Waals surface area contributed by atoms with Gasteiger partial charge in [0.1, 0.15) is 5.82 Å². The van der Waals surface area contributed by atoms with E-state index in [4.69, 9.17) is 4.98 Å². The van der Waals surface area contributed by atoms with Crippen molar-refractivity contribution >= 4 is 62.0 Å². The molecular weight excluding hydrogens is 877 g/mol. The van der Waals surface area contributed by atoms with Gasteiger partial charge in [-0.25, -0.2) is 4.98 Å². The van der Waals surface area contributed by atoms with Crippen LogP contribution in [0.4, 0.5) is 11.4 Å². The van der Waals surface area contributed by atoms with Gasteiger partial charge in [-0.15, -0.1) is 0 Å². The quantitative estimate of drug-likeness (QED) is 0.101. The molecule has 9 aromatic rings. The minimum Gasteiger partial charge on any atom is -0.325 e. The van der Waals surface area contributed by atoms with Crippen molar-refractivity contribution in [1.29, 1.82) is 0 Å². The first kappa shape index (κ1) is 47.7. The number of nitrogens with zero attached hydrogens (tertiary/aromatic N) is 4. The van der Waals surface area contributed by atoms with Crippen LogP contribution >= 0.6 is 0 Å². The van der Waals surface area contributed by atoms with Crippen molar-refractivity contribution in [2.45, 2.75) is 106 Å². The summed E-state index contributed by atoms with van der Waals surface area (Å²) in [6, 6.07) is 67.2. The summed E-state index contributed by atoms with van der Waals surface area (Å²) in [5, 5.41) is 7.86. The summed E-state index contributed by atoms with van der Waals surface area (Å²) in [6.45, 7) is 28.5. The SMILES string of the molecule is CC1=C(C)N(c2cc(C(C)(C)C)cc([Si](c3ccccc3)(c3ccccc3)c3ccc4c5ccccc5n(-c5cc(C(C)(C)C)ccn5)c4c3)c2)CN1c1ccc(-c2c(C(C)C)cccc2C(C)C)cc1.